The van der Waals surface area contributed by atoms with Gasteiger partial charge in [-0.3, -0.25) is 0 Å². The summed E-state index contributed by atoms with van der Waals surface area (Å²) in [5, 5.41) is 9.46. The summed E-state index contributed by atoms with van der Waals surface area (Å²) in [4.78, 5) is 7.13. The average Bonchev–Trinajstić information content (AvgIpc) is 2.74. The first-order valence-corrected chi connectivity index (χ1v) is 7.96. The minimum Gasteiger partial charge on any atom is -0.392 e. The van der Waals surface area contributed by atoms with Gasteiger partial charge in [0, 0.05) is 18.8 Å². The number of aliphatic hydroxyl groups excluding tert-OH is 1. The molecule has 0 saturated heterocycles. The van der Waals surface area contributed by atoms with Gasteiger partial charge in [-0.25, -0.2) is 4.98 Å². The number of nitrogens with zero attached hydrogens (tertiary/aromatic N) is 2. The normalized spacial score (nSPS) is 17.2. The molecule has 0 aromatic carbocycles. The van der Waals surface area contributed by atoms with Crippen LogP contribution in [-0.2, 0) is 6.61 Å². The van der Waals surface area contributed by atoms with Crippen molar-refractivity contribution in [2.75, 3.05) is 11.9 Å². The van der Waals surface area contributed by atoms with Crippen LogP contribution in [0.4, 0.5) is 5.82 Å². The van der Waals surface area contributed by atoms with Crippen LogP contribution in [0.2, 0.25) is 0 Å². The number of hydrogen-bond acceptors (Lipinski definition) is 3. The topological polar surface area (TPSA) is 36.4 Å². The largest absolute Gasteiger partial charge is 0.392 e. The molecule has 0 atom stereocenters. The van der Waals surface area contributed by atoms with Gasteiger partial charge >= 0.3 is 0 Å². The van der Waals surface area contributed by atoms with Crippen LogP contribution >= 0.6 is 0 Å². The second kappa shape index (κ2) is 7.07. The Hall–Kier alpha value is -1.09. The molecule has 2 rings (SSSR count). The van der Waals surface area contributed by atoms with Crippen molar-refractivity contribution in [1.82, 2.24) is 4.98 Å². The van der Waals surface area contributed by atoms with E-state index < -0.39 is 0 Å². The summed E-state index contributed by atoms with van der Waals surface area (Å²) in [6.45, 7) is 4.39. The molecule has 3 heteroatoms. The molecule has 1 heterocycles. The van der Waals surface area contributed by atoms with E-state index in [-0.39, 0.29) is 6.61 Å². The van der Waals surface area contributed by atoms with Crippen molar-refractivity contribution in [3.8, 4) is 0 Å². The molecule has 1 N–H and O–H groups in total. The van der Waals surface area contributed by atoms with E-state index in [4.69, 9.17) is 4.98 Å². The van der Waals surface area contributed by atoms with Crippen LogP contribution in [0.25, 0.3) is 0 Å². The second-order valence-corrected chi connectivity index (χ2v) is 6.33. The number of aliphatic hydroxyl groups is 1. The Morgan fingerprint density at radius 1 is 1.20 bits per heavy atom. The van der Waals surface area contributed by atoms with Crippen LogP contribution < -0.4 is 4.90 Å². The molecule has 1 fully saturated rings. The van der Waals surface area contributed by atoms with Crippen LogP contribution in [-0.4, -0.2) is 23.2 Å². The molecule has 1 saturated carbocycles. The summed E-state index contributed by atoms with van der Waals surface area (Å²) in [5.41, 5.74) is 2.05. The molecular weight excluding hydrogens is 248 g/mol. The zero-order valence-corrected chi connectivity index (χ0v) is 13.1. The number of aromatic nitrogens is 1. The highest BCUT2D eigenvalue weighted by Gasteiger charge is 2.19. The van der Waals surface area contributed by atoms with E-state index in [1.54, 1.807) is 0 Å². The van der Waals surface area contributed by atoms with Gasteiger partial charge < -0.3 is 10.0 Å². The van der Waals surface area contributed by atoms with Crippen LogP contribution in [0.5, 0.6) is 0 Å². The third kappa shape index (κ3) is 3.72. The van der Waals surface area contributed by atoms with Gasteiger partial charge in [-0.2, -0.15) is 0 Å². The Bertz CT molecular complexity index is 423. The first-order chi connectivity index (χ1) is 9.61. The van der Waals surface area contributed by atoms with Crippen LogP contribution in [0, 0.1) is 0 Å². The molecule has 0 radical (unpaired) electrons. The van der Waals surface area contributed by atoms with E-state index in [1.807, 2.05) is 12.1 Å². The number of rotatable bonds is 4. The van der Waals surface area contributed by atoms with Gasteiger partial charge in [0.25, 0.3) is 0 Å². The highest BCUT2D eigenvalue weighted by Crippen LogP contribution is 2.26. The maximum absolute atomic E-state index is 9.46. The van der Waals surface area contributed by atoms with Gasteiger partial charge in [0.05, 0.1) is 6.61 Å². The number of anilines is 1. The molecule has 20 heavy (non-hydrogen) atoms. The Morgan fingerprint density at radius 3 is 2.40 bits per heavy atom. The average molecular weight is 276 g/mol. The van der Waals surface area contributed by atoms with E-state index in [2.05, 4.69) is 25.8 Å². The third-order valence-corrected chi connectivity index (χ3v) is 4.40. The Balaban J connectivity index is 2.23. The SMILES string of the molecule is CC(C)c1cc(CO)cc(N(C)C2CCCCCC2)n1. The van der Waals surface area contributed by atoms with Crippen molar-refractivity contribution in [3.05, 3.63) is 23.4 Å². The van der Waals surface area contributed by atoms with Crippen LogP contribution in [0.1, 0.15) is 69.5 Å². The van der Waals surface area contributed by atoms with Crippen LogP contribution in [0.3, 0.4) is 0 Å². The lowest BCUT2D eigenvalue weighted by atomic mass is 10.1. The molecule has 3 nitrogen and oxygen atoms in total. The Morgan fingerprint density at radius 2 is 1.85 bits per heavy atom. The molecule has 0 spiro atoms. The van der Waals surface area contributed by atoms with Gasteiger partial charge in [0.2, 0.25) is 0 Å². The monoisotopic (exact) mass is 276 g/mol. The van der Waals surface area contributed by atoms with Crippen molar-refractivity contribution in [2.24, 2.45) is 0 Å². The third-order valence-electron chi connectivity index (χ3n) is 4.40. The summed E-state index contributed by atoms with van der Waals surface area (Å²) >= 11 is 0. The van der Waals surface area contributed by atoms with Crippen molar-refractivity contribution in [2.45, 2.75) is 70.9 Å². The predicted octanol–water partition coefficient (Wildman–Crippen LogP) is 3.86. The first kappa shape index (κ1) is 15.3. The maximum Gasteiger partial charge on any atom is 0.129 e. The van der Waals surface area contributed by atoms with Gasteiger partial charge in [-0.1, -0.05) is 39.5 Å². The minimum absolute atomic E-state index is 0.0910. The van der Waals surface area contributed by atoms with E-state index in [0.717, 1.165) is 17.1 Å². The lowest BCUT2D eigenvalue weighted by molar-refractivity contribution is 0.281. The quantitative estimate of drug-likeness (QED) is 0.848. The molecule has 112 valence electrons. The fraction of sp³-hybridized carbons (Fsp3) is 0.706. The van der Waals surface area contributed by atoms with E-state index in [0.29, 0.717) is 12.0 Å². The van der Waals surface area contributed by atoms with Crippen molar-refractivity contribution in [3.63, 3.8) is 0 Å². The predicted molar refractivity (Wildman–Crippen MR) is 84.1 cm³/mol. The molecule has 0 aliphatic heterocycles. The summed E-state index contributed by atoms with van der Waals surface area (Å²) in [5.74, 6) is 1.41. The highest BCUT2D eigenvalue weighted by molar-refractivity contribution is 5.43. The van der Waals surface area contributed by atoms with Crippen molar-refractivity contribution in [1.29, 1.82) is 0 Å². The van der Waals surface area contributed by atoms with E-state index in [9.17, 15) is 5.11 Å². The molecule has 1 aromatic rings. The second-order valence-electron chi connectivity index (χ2n) is 6.33. The zero-order chi connectivity index (χ0) is 14.5. The van der Waals surface area contributed by atoms with Crippen molar-refractivity contribution < 1.29 is 5.11 Å². The molecule has 0 unspecified atom stereocenters. The number of pyridine rings is 1. The summed E-state index contributed by atoms with van der Waals surface area (Å²) in [7, 11) is 2.16. The molecular formula is C17H28N2O. The standard InChI is InChI=1S/C17H28N2O/c1-13(2)16-10-14(12-20)11-17(18-16)19(3)15-8-6-4-5-7-9-15/h10-11,13,15,20H,4-9,12H2,1-3H3. The molecule has 0 bridgehead atoms. The van der Waals surface area contributed by atoms with E-state index >= 15 is 0 Å². The molecule has 1 aliphatic rings. The lowest BCUT2D eigenvalue weighted by Gasteiger charge is -2.29. The smallest absolute Gasteiger partial charge is 0.129 e. The zero-order valence-electron chi connectivity index (χ0n) is 13.1. The van der Waals surface area contributed by atoms with Crippen molar-refractivity contribution >= 4 is 5.82 Å². The fourth-order valence-electron chi connectivity index (χ4n) is 2.99. The molecule has 1 aromatic heterocycles. The van der Waals surface area contributed by atoms with Gasteiger partial charge in [-0.15, -0.1) is 0 Å². The fourth-order valence-corrected chi connectivity index (χ4v) is 2.99. The molecule has 0 amide bonds. The summed E-state index contributed by atoms with van der Waals surface area (Å²) in [6.07, 6.45) is 7.91. The highest BCUT2D eigenvalue weighted by atomic mass is 16.3. The maximum atomic E-state index is 9.46. The van der Waals surface area contributed by atoms with Gasteiger partial charge in [0.1, 0.15) is 5.82 Å². The van der Waals surface area contributed by atoms with E-state index in [1.165, 1.54) is 38.5 Å². The van der Waals surface area contributed by atoms with Gasteiger partial charge in [0.15, 0.2) is 0 Å². The summed E-state index contributed by atoms with van der Waals surface area (Å²) in [6, 6.07) is 4.66. The summed E-state index contributed by atoms with van der Waals surface area (Å²) < 4.78 is 0. The lowest BCUT2D eigenvalue weighted by Crippen LogP contribution is -2.32. The number of hydrogen-bond donors (Lipinski definition) is 1. The molecule has 1 aliphatic carbocycles. The van der Waals surface area contributed by atoms with Crippen LogP contribution in [0.15, 0.2) is 12.1 Å². The van der Waals surface area contributed by atoms with Gasteiger partial charge in [-0.05, 0) is 36.5 Å². The Labute approximate surface area is 123 Å². The Kier molecular flexibility index (Phi) is 5.41. The first-order valence-electron chi connectivity index (χ1n) is 7.96. The minimum atomic E-state index is 0.0910.